The van der Waals surface area contributed by atoms with Crippen LogP contribution in [-0.4, -0.2) is 14.1 Å². The molecule has 0 saturated carbocycles. The largest absolute Gasteiger partial charge is 0.378 e. The Bertz CT molecular complexity index is 1150. The standard InChI is InChI=1S/C29H24N/c1-30(2)24-17-13-23(14-18-24)29(27-19-15-21-9-5-3-7-11-25(21)27)28-20-16-22-10-6-4-8-12-26(22)28/h3-20H,1-2H3. The van der Waals surface area contributed by atoms with Crippen LogP contribution in [0.3, 0.4) is 0 Å². The smallest absolute Gasteiger partial charge is 0.0641 e. The van der Waals surface area contributed by atoms with Gasteiger partial charge >= 0.3 is 0 Å². The second kappa shape index (κ2) is 7.68. The fraction of sp³-hybridized carbons (Fsp3) is 0.0690. The predicted octanol–water partition coefficient (Wildman–Crippen LogP) is 6.98. The van der Waals surface area contributed by atoms with E-state index in [1.165, 1.54) is 50.5 Å². The summed E-state index contributed by atoms with van der Waals surface area (Å²) in [7, 11) is 4.16. The zero-order valence-electron chi connectivity index (χ0n) is 17.3. The lowest BCUT2D eigenvalue weighted by atomic mass is 9.83. The molecule has 0 unspecified atom stereocenters. The van der Waals surface area contributed by atoms with E-state index in [0.29, 0.717) is 0 Å². The van der Waals surface area contributed by atoms with Crippen LogP contribution in [0.5, 0.6) is 0 Å². The number of rotatable bonds is 4. The van der Waals surface area contributed by atoms with Crippen molar-refractivity contribution in [2.45, 2.75) is 0 Å². The van der Waals surface area contributed by atoms with Crippen LogP contribution in [0.15, 0.2) is 109 Å². The maximum Gasteiger partial charge on any atom is 0.0641 e. The molecule has 4 aliphatic rings. The van der Waals surface area contributed by atoms with Gasteiger partial charge in [0.25, 0.3) is 0 Å². The van der Waals surface area contributed by atoms with E-state index in [1.807, 2.05) is 0 Å². The molecule has 1 heteroatoms. The minimum Gasteiger partial charge on any atom is -0.378 e. The average molecular weight is 387 g/mol. The van der Waals surface area contributed by atoms with Crippen molar-refractivity contribution in [3.63, 3.8) is 0 Å². The Balaban J connectivity index is 1.73. The van der Waals surface area contributed by atoms with Gasteiger partial charge in [-0.15, -0.1) is 0 Å². The Labute approximate surface area is 178 Å². The van der Waals surface area contributed by atoms with E-state index in [9.17, 15) is 0 Å². The molecule has 0 bridgehead atoms. The summed E-state index contributed by atoms with van der Waals surface area (Å²) in [6.07, 6.45) is 0. The first-order valence-electron chi connectivity index (χ1n) is 10.3. The number of benzene rings is 1. The Kier molecular flexibility index (Phi) is 4.72. The van der Waals surface area contributed by atoms with Gasteiger partial charge in [0.1, 0.15) is 0 Å². The second-order valence-corrected chi connectivity index (χ2v) is 7.87. The van der Waals surface area contributed by atoms with E-state index >= 15 is 0 Å². The summed E-state index contributed by atoms with van der Waals surface area (Å²) in [5.41, 5.74) is 10.1. The van der Waals surface area contributed by atoms with Crippen LogP contribution < -0.4 is 4.90 Å². The fourth-order valence-electron chi connectivity index (χ4n) is 4.25. The molecular formula is C29H24N. The molecule has 0 spiro atoms. The van der Waals surface area contributed by atoms with E-state index in [2.05, 4.69) is 128 Å². The van der Waals surface area contributed by atoms with Crippen LogP contribution in [-0.2, 0) is 0 Å². The van der Waals surface area contributed by atoms with Crippen LogP contribution in [0, 0.1) is 5.92 Å². The third-order valence-electron chi connectivity index (χ3n) is 5.79. The van der Waals surface area contributed by atoms with Crippen molar-refractivity contribution in [2.24, 2.45) is 0 Å². The van der Waals surface area contributed by atoms with E-state index in [-0.39, 0.29) is 0 Å². The van der Waals surface area contributed by atoms with E-state index in [1.54, 1.807) is 0 Å². The fourth-order valence-corrected chi connectivity index (χ4v) is 4.25. The first kappa shape index (κ1) is 18.4. The summed E-state index contributed by atoms with van der Waals surface area (Å²) in [6.45, 7) is 0. The molecule has 0 fully saturated rings. The molecule has 1 radical (unpaired) electrons. The molecule has 1 aromatic carbocycles. The van der Waals surface area contributed by atoms with Crippen LogP contribution in [0.4, 0.5) is 5.69 Å². The maximum atomic E-state index is 2.27. The van der Waals surface area contributed by atoms with Crippen molar-refractivity contribution in [1.29, 1.82) is 0 Å². The van der Waals surface area contributed by atoms with Crippen molar-refractivity contribution in [1.82, 2.24) is 0 Å². The highest BCUT2D eigenvalue weighted by molar-refractivity contribution is 5.83. The van der Waals surface area contributed by atoms with Gasteiger partial charge in [-0.2, -0.15) is 0 Å². The number of nitrogens with zero attached hydrogens (tertiary/aromatic N) is 1. The summed E-state index contributed by atoms with van der Waals surface area (Å²) in [6, 6.07) is 39.4. The molecule has 0 aromatic heterocycles. The van der Waals surface area contributed by atoms with Gasteiger partial charge in [0.05, 0.1) is 5.92 Å². The van der Waals surface area contributed by atoms with Gasteiger partial charge in [0.2, 0.25) is 0 Å². The van der Waals surface area contributed by atoms with Crippen molar-refractivity contribution in [3.05, 3.63) is 132 Å². The first-order valence-corrected chi connectivity index (χ1v) is 10.3. The summed E-state index contributed by atoms with van der Waals surface area (Å²) in [5, 5.41) is 0. The lowest BCUT2D eigenvalue weighted by molar-refractivity contribution is 1.13. The molecule has 0 heterocycles. The predicted molar refractivity (Wildman–Crippen MR) is 127 cm³/mol. The molecule has 0 aliphatic heterocycles. The minimum absolute atomic E-state index is 1.20. The lowest BCUT2D eigenvalue weighted by Gasteiger charge is -2.20. The highest BCUT2D eigenvalue weighted by atomic mass is 15.1. The summed E-state index contributed by atoms with van der Waals surface area (Å²) < 4.78 is 0. The number of fused-ring (bicyclic) bond motifs is 2. The Hall–Kier alpha value is -3.58. The highest BCUT2D eigenvalue weighted by Gasteiger charge is 2.26. The quantitative estimate of drug-likeness (QED) is 0.322. The van der Waals surface area contributed by atoms with Crippen LogP contribution in [0.2, 0.25) is 0 Å². The van der Waals surface area contributed by atoms with Crippen molar-refractivity contribution >= 4 is 5.69 Å². The van der Waals surface area contributed by atoms with Crippen molar-refractivity contribution in [3.8, 4) is 22.3 Å². The third-order valence-corrected chi connectivity index (χ3v) is 5.79. The summed E-state index contributed by atoms with van der Waals surface area (Å²) in [4.78, 5) is 2.14. The Morgan fingerprint density at radius 1 is 0.500 bits per heavy atom. The number of hydrogen-bond acceptors (Lipinski definition) is 1. The van der Waals surface area contributed by atoms with E-state index < -0.39 is 0 Å². The molecule has 5 rings (SSSR count). The molecule has 0 atom stereocenters. The molecule has 0 saturated heterocycles. The van der Waals surface area contributed by atoms with Gasteiger partial charge < -0.3 is 4.90 Å². The molecule has 0 amide bonds. The summed E-state index contributed by atoms with van der Waals surface area (Å²) in [5.74, 6) is 1.28. The molecule has 1 aromatic rings. The average Bonchev–Trinajstić information content (AvgIpc) is 3.14. The number of hydrogen-bond donors (Lipinski definition) is 0. The van der Waals surface area contributed by atoms with Crippen molar-refractivity contribution in [2.75, 3.05) is 19.0 Å². The Morgan fingerprint density at radius 3 is 1.50 bits per heavy atom. The number of anilines is 1. The molecule has 1 nitrogen and oxygen atoms in total. The van der Waals surface area contributed by atoms with Crippen molar-refractivity contribution < 1.29 is 0 Å². The first-order chi connectivity index (χ1) is 14.7. The van der Waals surface area contributed by atoms with Gasteiger partial charge in [-0.1, -0.05) is 97.1 Å². The van der Waals surface area contributed by atoms with Gasteiger partial charge in [-0.3, -0.25) is 0 Å². The lowest BCUT2D eigenvalue weighted by Crippen LogP contribution is -2.09. The molecular weight excluding hydrogens is 362 g/mol. The Morgan fingerprint density at radius 2 is 1.00 bits per heavy atom. The van der Waals surface area contributed by atoms with Gasteiger partial charge in [-0.25, -0.2) is 0 Å². The van der Waals surface area contributed by atoms with E-state index in [4.69, 9.17) is 0 Å². The molecule has 0 N–H and O–H groups in total. The summed E-state index contributed by atoms with van der Waals surface area (Å²) >= 11 is 0. The van der Waals surface area contributed by atoms with E-state index in [0.717, 1.165) is 0 Å². The molecule has 30 heavy (non-hydrogen) atoms. The normalized spacial score (nSPS) is 11.3. The highest BCUT2D eigenvalue weighted by Crippen LogP contribution is 2.43. The van der Waals surface area contributed by atoms with Gasteiger partial charge in [0.15, 0.2) is 0 Å². The monoisotopic (exact) mass is 386 g/mol. The molecule has 4 aliphatic carbocycles. The van der Waals surface area contributed by atoms with Gasteiger partial charge in [-0.05, 0) is 51.1 Å². The van der Waals surface area contributed by atoms with Crippen LogP contribution in [0.25, 0.3) is 22.3 Å². The van der Waals surface area contributed by atoms with Crippen LogP contribution >= 0.6 is 0 Å². The minimum atomic E-state index is 1.20. The second-order valence-electron chi connectivity index (χ2n) is 7.87. The topological polar surface area (TPSA) is 3.24 Å². The van der Waals surface area contributed by atoms with Gasteiger partial charge in [0, 0.05) is 19.8 Å². The zero-order chi connectivity index (χ0) is 20.5. The third kappa shape index (κ3) is 3.23. The molecule has 145 valence electrons. The SMILES string of the molecule is CN(C)c1ccc([C](c2ccc3cccccc2-3)c2ccc3cccccc2-3)cc1. The zero-order valence-corrected chi connectivity index (χ0v) is 17.3. The van der Waals surface area contributed by atoms with Crippen LogP contribution in [0.1, 0.15) is 16.7 Å². The maximum absolute atomic E-state index is 2.27.